The number of hydrogen-bond acceptors (Lipinski definition) is 4. The minimum Gasteiger partial charge on any atom is -0.494 e. The number of carbonyl (C=O) groups is 1. The average Bonchev–Trinajstić information content (AvgIpc) is 3.24. The Balaban J connectivity index is 1.61. The fraction of sp³-hybridized carbons (Fsp3) is 0.444. The van der Waals surface area contributed by atoms with Gasteiger partial charge in [-0.1, -0.05) is 19.1 Å². The Kier molecular flexibility index (Phi) is 5.48. The molecule has 2 heterocycles. The van der Waals surface area contributed by atoms with Gasteiger partial charge in [-0.05, 0) is 37.1 Å². The topological polar surface area (TPSA) is 79.0 Å². The summed E-state index contributed by atoms with van der Waals surface area (Å²) >= 11 is 0. The molecule has 1 aliphatic heterocycles. The van der Waals surface area contributed by atoms with Crippen LogP contribution in [0.25, 0.3) is 0 Å². The molecule has 0 aliphatic carbocycles. The van der Waals surface area contributed by atoms with Gasteiger partial charge in [0.25, 0.3) is 0 Å². The summed E-state index contributed by atoms with van der Waals surface area (Å²) in [7, 11) is 0. The molecule has 0 saturated carbocycles. The number of benzene rings is 1. The van der Waals surface area contributed by atoms with Gasteiger partial charge in [0, 0.05) is 12.5 Å². The molecular formula is C18H24N4O2. The minimum absolute atomic E-state index is 0.0451. The number of anilines is 1. The minimum atomic E-state index is -0.0451. The van der Waals surface area contributed by atoms with Crippen LogP contribution in [0.2, 0.25) is 0 Å². The highest BCUT2D eigenvalue weighted by Crippen LogP contribution is 2.27. The van der Waals surface area contributed by atoms with Crippen molar-refractivity contribution in [2.45, 2.75) is 32.1 Å². The zero-order valence-electron chi connectivity index (χ0n) is 14.0. The van der Waals surface area contributed by atoms with E-state index in [1.54, 1.807) is 6.20 Å². The van der Waals surface area contributed by atoms with E-state index in [1.807, 2.05) is 24.3 Å². The van der Waals surface area contributed by atoms with Crippen molar-refractivity contribution >= 4 is 11.6 Å². The van der Waals surface area contributed by atoms with Crippen LogP contribution in [0.5, 0.6) is 5.75 Å². The molecule has 0 spiro atoms. The maximum atomic E-state index is 12.4. The van der Waals surface area contributed by atoms with Crippen molar-refractivity contribution in [2.75, 3.05) is 25.0 Å². The maximum absolute atomic E-state index is 12.4. The molecule has 128 valence electrons. The summed E-state index contributed by atoms with van der Waals surface area (Å²) in [5.41, 5.74) is 2.73. The first-order valence-electron chi connectivity index (χ1n) is 8.52. The summed E-state index contributed by atoms with van der Waals surface area (Å²) in [6, 6.07) is 7.70. The molecule has 1 aromatic carbocycles. The second-order valence-electron chi connectivity index (χ2n) is 6.11. The smallest absolute Gasteiger partial charge is 0.228 e. The summed E-state index contributed by atoms with van der Waals surface area (Å²) in [6.07, 6.45) is 4.02. The first-order valence-corrected chi connectivity index (χ1v) is 8.52. The number of aromatic nitrogens is 2. The number of amides is 1. The van der Waals surface area contributed by atoms with E-state index in [1.165, 1.54) is 0 Å². The number of hydrogen-bond donors (Lipinski definition) is 3. The van der Waals surface area contributed by atoms with Gasteiger partial charge in [0.1, 0.15) is 5.75 Å². The van der Waals surface area contributed by atoms with Gasteiger partial charge >= 0.3 is 0 Å². The zero-order chi connectivity index (χ0) is 16.8. The molecule has 0 radical (unpaired) electrons. The summed E-state index contributed by atoms with van der Waals surface area (Å²) < 4.78 is 5.62. The van der Waals surface area contributed by atoms with Crippen LogP contribution < -0.4 is 15.4 Å². The molecule has 1 aliphatic rings. The second-order valence-corrected chi connectivity index (χ2v) is 6.11. The highest BCUT2D eigenvalue weighted by molar-refractivity contribution is 5.92. The van der Waals surface area contributed by atoms with Gasteiger partial charge in [-0.3, -0.25) is 9.89 Å². The number of aromatic amines is 1. The number of carbonyl (C=O) groups excluding carboxylic acids is 1. The lowest BCUT2D eigenvalue weighted by Gasteiger charge is -2.11. The van der Waals surface area contributed by atoms with Crippen LogP contribution >= 0.6 is 0 Å². The Labute approximate surface area is 142 Å². The monoisotopic (exact) mass is 328 g/mol. The van der Waals surface area contributed by atoms with Crippen LogP contribution in [0.3, 0.4) is 0 Å². The van der Waals surface area contributed by atoms with Gasteiger partial charge in [0.2, 0.25) is 5.91 Å². The molecule has 3 rings (SSSR count). The summed E-state index contributed by atoms with van der Waals surface area (Å²) in [5.74, 6) is 1.15. The fourth-order valence-electron chi connectivity index (χ4n) is 2.95. The van der Waals surface area contributed by atoms with Crippen LogP contribution in [0.4, 0.5) is 5.69 Å². The van der Waals surface area contributed by atoms with E-state index in [4.69, 9.17) is 4.74 Å². The molecule has 1 saturated heterocycles. The van der Waals surface area contributed by atoms with Gasteiger partial charge in [-0.25, -0.2) is 0 Å². The van der Waals surface area contributed by atoms with Crippen molar-refractivity contribution in [3.63, 3.8) is 0 Å². The number of H-pyrrole nitrogens is 1. The molecule has 6 heteroatoms. The van der Waals surface area contributed by atoms with Gasteiger partial charge in [-0.15, -0.1) is 0 Å². The first kappa shape index (κ1) is 16.5. The van der Waals surface area contributed by atoms with Gasteiger partial charge in [-0.2, -0.15) is 5.10 Å². The predicted molar refractivity (Wildman–Crippen MR) is 93.4 cm³/mol. The van der Waals surface area contributed by atoms with Crippen molar-refractivity contribution in [1.29, 1.82) is 0 Å². The van der Waals surface area contributed by atoms with Crippen molar-refractivity contribution in [3.05, 3.63) is 41.7 Å². The Morgan fingerprint density at radius 2 is 2.38 bits per heavy atom. The van der Waals surface area contributed by atoms with E-state index in [-0.39, 0.29) is 5.91 Å². The van der Waals surface area contributed by atoms with Crippen LogP contribution in [0.1, 0.15) is 36.9 Å². The third-order valence-electron chi connectivity index (χ3n) is 4.15. The number of nitrogens with one attached hydrogen (secondary N) is 3. The highest BCUT2D eigenvalue weighted by atomic mass is 16.5. The normalized spacial score (nSPS) is 17.0. The van der Waals surface area contributed by atoms with Gasteiger partial charge in [0.05, 0.1) is 30.6 Å². The van der Waals surface area contributed by atoms with Crippen molar-refractivity contribution in [2.24, 2.45) is 0 Å². The SMILES string of the molecule is CCCOc1cccc(CC(=O)Nc2cn[nH]c2C2CCNC2)c1. The summed E-state index contributed by atoms with van der Waals surface area (Å²) in [6.45, 7) is 4.67. The molecule has 1 atom stereocenters. The van der Waals surface area contributed by atoms with E-state index in [9.17, 15) is 4.79 Å². The molecule has 1 aromatic heterocycles. The van der Waals surface area contributed by atoms with E-state index in [2.05, 4.69) is 27.8 Å². The molecule has 6 nitrogen and oxygen atoms in total. The quantitative estimate of drug-likeness (QED) is 0.729. The van der Waals surface area contributed by atoms with Crippen LogP contribution in [0, 0.1) is 0 Å². The second kappa shape index (κ2) is 7.97. The number of nitrogens with zero attached hydrogens (tertiary/aromatic N) is 1. The lowest BCUT2D eigenvalue weighted by molar-refractivity contribution is -0.115. The third kappa shape index (κ3) is 4.14. The number of rotatable bonds is 7. The summed E-state index contributed by atoms with van der Waals surface area (Å²) in [5, 5.41) is 13.4. The van der Waals surface area contributed by atoms with E-state index < -0.39 is 0 Å². The van der Waals surface area contributed by atoms with Gasteiger partial charge < -0.3 is 15.4 Å². The average molecular weight is 328 g/mol. The third-order valence-corrected chi connectivity index (χ3v) is 4.15. The molecule has 1 unspecified atom stereocenters. The largest absolute Gasteiger partial charge is 0.494 e. The predicted octanol–water partition coefficient (Wildman–Crippen LogP) is 2.46. The Morgan fingerprint density at radius 3 is 3.17 bits per heavy atom. The van der Waals surface area contributed by atoms with E-state index in [0.717, 1.165) is 48.6 Å². The van der Waals surface area contributed by atoms with E-state index in [0.29, 0.717) is 18.9 Å². The molecule has 1 amide bonds. The first-order chi connectivity index (χ1) is 11.8. The van der Waals surface area contributed by atoms with Crippen LogP contribution in [-0.2, 0) is 11.2 Å². The maximum Gasteiger partial charge on any atom is 0.228 e. The molecular weight excluding hydrogens is 304 g/mol. The molecule has 3 N–H and O–H groups in total. The fourth-order valence-corrected chi connectivity index (χ4v) is 2.95. The van der Waals surface area contributed by atoms with E-state index >= 15 is 0 Å². The van der Waals surface area contributed by atoms with Crippen molar-refractivity contribution in [1.82, 2.24) is 15.5 Å². The molecule has 1 fully saturated rings. The number of ether oxygens (including phenoxy) is 1. The Hall–Kier alpha value is -2.34. The van der Waals surface area contributed by atoms with Gasteiger partial charge in [0.15, 0.2) is 0 Å². The molecule has 0 bridgehead atoms. The Bertz CT molecular complexity index is 677. The van der Waals surface area contributed by atoms with Crippen LogP contribution in [0.15, 0.2) is 30.5 Å². The Morgan fingerprint density at radius 1 is 1.46 bits per heavy atom. The lowest BCUT2D eigenvalue weighted by Crippen LogP contribution is -2.16. The lowest BCUT2D eigenvalue weighted by atomic mass is 10.0. The zero-order valence-corrected chi connectivity index (χ0v) is 14.0. The van der Waals surface area contributed by atoms with Crippen LogP contribution in [-0.4, -0.2) is 35.8 Å². The molecule has 24 heavy (non-hydrogen) atoms. The highest BCUT2D eigenvalue weighted by Gasteiger charge is 2.22. The van der Waals surface area contributed by atoms with Crippen molar-refractivity contribution < 1.29 is 9.53 Å². The summed E-state index contributed by atoms with van der Waals surface area (Å²) in [4.78, 5) is 12.4. The molecule has 2 aromatic rings. The standard InChI is InChI=1S/C18H24N4O2/c1-2-8-24-15-5-3-4-13(9-15)10-17(23)21-16-12-20-22-18(16)14-6-7-19-11-14/h3-5,9,12,14,19H,2,6-8,10-11H2,1H3,(H,20,22)(H,21,23). The van der Waals surface area contributed by atoms with Crippen molar-refractivity contribution in [3.8, 4) is 5.75 Å².